The van der Waals surface area contributed by atoms with Crippen LogP contribution < -0.4 is 16.0 Å². The highest BCUT2D eigenvalue weighted by Gasteiger charge is 2.25. The number of carbonyl (C=O) groups is 3. The second-order valence-corrected chi connectivity index (χ2v) is 8.93. The van der Waals surface area contributed by atoms with Gasteiger partial charge in [-0.25, -0.2) is 14.4 Å². The van der Waals surface area contributed by atoms with Crippen molar-refractivity contribution >= 4 is 23.7 Å². The van der Waals surface area contributed by atoms with Gasteiger partial charge in [-0.3, -0.25) is 0 Å². The molecule has 2 aliphatic rings. The van der Waals surface area contributed by atoms with Crippen molar-refractivity contribution in [3.63, 3.8) is 0 Å². The predicted octanol–water partition coefficient (Wildman–Crippen LogP) is 4.05. The van der Waals surface area contributed by atoms with Gasteiger partial charge >= 0.3 is 18.0 Å². The van der Waals surface area contributed by atoms with Gasteiger partial charge in [0.1, 0.15) is 0 Å². The molecule has 1 aliphatic carbocycles. The van der Waals surface area contributed by atoms with Gasteiger partial charge < -0.3 is 25.6 Å². The summed E-state index contributed by atoms with van der Waals surface area (Å²) >= 11 is 0. The topological polar surface area (TPSA) is 99.8 Å². The number of rotatable bonds is 6. The Bertz CT molecular complexity index is 799. The normalized spacial score (nSPS) is 17.5. The first-order chi connectivity index (χ1) is 15.5. The van der Waals surface area contributed by atoms with Crippen molar-refractivity contribution in [3.8, 4) is 0 Å². The number of hydrogen-bond donors (Lipinski definition) is 3. The molecule has 1 saturated carbocycles. The summed E-state index contributed by atoms with van der Waals surface area (Å²) < 4.78 is 4.78. The fraction of sp³-hybridized carbons (Fsp3) is 0.625. The molecule has 1 aromatic rings. The van der Waals surface area contributed by atoms with Crippen LogP contribution in [0, 0.1) is 12.8 Å². The van der Waals surface area contributed by atoms with Crippen LogP contribution >= 0.6 is 0 Å². The van der Waals surface area contributed by atoms with Crippen molar-refractivity contribution in [1.29, 1.82) is 0 Å². The Morgan fingerprint density at radius 3 is 2.47 bits per heavy atom. The largest absolute Gasteiger partial charge is 0.465 e. The summed E-state index contributed by atoms with van der Waals surface area (Å²) in [6.45, 7) is 3.97. The van der Waals surface area contributed by atoms with Gasteiger partial charge in [0.05, 0.1) is 18.4 Å². The monoisotopic (exact) mass is 444 g/mol. The lowest BCUT2D eigenvalue weighted by Crippen LogP contribution is -2.48. The molecule has 0 aromatic heterocycles. The number of ether oxygens (including phenoxy) is 1. The lowest BCUT2D eigenvalue weighted by Gasteiger charge is -2.34. The molecule has 4 amide bonds. The van der Waals surface area contributed by atoms with Crippen LogP contribution in [-0.2, 0) is 4.74 Å². The number of esters is 1. The lowest BCUT2D eigenvalue weighted by molar-refractivity contribution is 0.0602. The van der Waals surface area contributed by atoms with Crippen molar-refractivity contribution in [2.75, 3.05) is 32.1 Å². The minimum Gasteiger partial charge on any atom is -0.465 e. The fourth-order valence-corrected chi connectivity index (χ4v) is 4.54. The van der Waals surface area contributed by atoms with E-state index >= 15 is 0 Å². The molecule has 0 spiro atoms. The number of hydrogen-bond acceptors (Lipinski definition) is 4. The zero-order chi connectivity index (χ0) is 22.9. The number of nitrogens with one attached hydrogen (secondary N) is 3. The standard InChI is InChI=1S/C24H36N4O4/c1-17-8-9-20(22(29)32-2)21(16-17)27-23(30)25-13-10-18-11-14-28(15-12-18)24(31)26-19-6-4-3-5-7-19/h8-9,16,18-19H,3-7,10-15H2,1-2H3,(H,26,31)(H2,25,27,30). The Hall–Kier alpha value is -2.77. The van der Waals surface area contributed by atoms with Gasteiger partial charge in [-0.15, -0.1) is 0 Å². The molecule has 1 aliphatic heterocycles. The zero-order valence-electron chi connectivity index (χ0n) is 19.2. The molecule has 0 bridgehead atoms. The molecule has 0 radical (unpaired) electrons. The number of nitrogens with zero attached hydrogens (tertiary/aromatic N) is 1. The quantitative estimate of drug-likeness (QED) is 0.577. The van der Waals surface area contributed by atoms with E-state index < -0.39 is 5.97 Å². The van der Waals surface area contributed by atoms with Gasteiger partial charge in [0.25, 0.3) is 0 Å². The number of benzene rings is 1. The van der Waals surface area contributed by atoms with E-state index in [4.69, 9.17) is 4.74 Å². The van der Waals surface area contributed by atoms with E-state index in [1.807, 2.05) is 11.8 Å². The molecule has 0 atom stereocenters. The summed E-state index contributed by atoms with van der Waals surface area (Å²) in [6.07, 6.45) is 8.66. The van der Waals surface area contributed by atoms with Crippen LogP contribution in [0.3, 0.4) is 0 Å². The minimum absolute atomic E-state index is 0.0763. The number of methoxy groups -OCH3 is 1. The van der Waals surface area contributed by atoms with Gasteiger partial charge in [-0.2, -0.15) is 0 Å². The van der Waals surface area contributed by atoms with E-state index in [9.17, 15) is 14.4 Å². The first-order valence-corrected chi connectivity index (χ1v) is 11.8. The van der Waals surface area contributed by atoms with Crippen LogP contribution in [0.25, 0.3) is 0 Å². The number of aryl methyl sites for hydroxylation is 1. The molecule has 8 nitrogen and oxygen atoms in total. The third-order valence-corrected chi connectivity index (χ3v) is 6.50. The molecule has 0 unspecified atom stereocenters. The third-order valence-electron chi connectivity index (χ3n) is 6.50. The average Bonchev–Trinajstić information content (AvgIpc) is 2.80. The Kier molecular flexibility index (Phi) is 8.76. The van der Waals surface area contributed by atoms with Gasteiger partial charge in [0.2, 0.25) is 0 Å². The summed E-state index contributed by atoms with van der Waals surface area (Å²) in [4.78, 5) is 38.6. The Morgan fingerprint density at radius 1 is 1.06 bits per heavy atom. The highest BCUT2D eigenvalue weighted by atomic mass is 16.5. The highest BCUT2D eigenvalue weighted by molar-refractivity contribution is 6.00. The van der Waals surface area contributed by atoms with Crippen molar-refractivity contribution in [2.45, 2.75) is 64.3 Å². The highest BCUT2D eigenvalue weighted by Crippen LogP contribution is 2.22. The van der Waals surface area contributed by atoms with Crippen LogP contribution in [-0.4, -0.2) is 55.7 Å². The second-order valence-electron chi connectivity index (χ2n) is 8.93. The molecular formula is C24H36N4O4. The molecular weight excluding hydrogens is 408 g/mol. The molecule has 8 heteroatoms. The first kappa shape index (κ1) is 23.9. The molecule has 176 valence electrons. The maximum atomic E-state index is 12.5. The molecule has 3 rings (SSSR count). The maximum absolute atomic E-state index is 12.5. The summed E-state index contributed by atoms with van der Waals surface area (Å²) in [5.41, 5.74) is 1.70. The van der Waals surface area contributed by atoms with Gasteiger partial charge in [-0.05, 0) is 62.6 Å². The van der Waals surface area contributed by atoms with E-state index in [0.29, 0.717) is 29.8 Å². The molecule has 1 heterocycles. The summed E-state index contributed by atoms with van der Waals surface area (Å²) in [5.74, 6) is -0.00165. The van der Waals surface area contributed by atoms with E-state index in [-0.39, 0.29) is 12.1 Å². The van der Waals surface area contributed by atoms with Crippen LogP contribution in [0.2, 0.25) is 0 Å². The number of piperidine rings is 1. The average molecular weight is 445 g/mol. The molecule has 1 aromatic carbocycles. The number of amides is 4. The molecule has 1 saturated heterocycles. The van der Waals surface area contributed by atoms with Gasteiger partial charge in [0, 0.05) is 25.7 Å². The molecule has 2 fully saturated rings. The summed E-state index contributed by atoms with van der Waals surface area (Å²) in [5, 5.41) is 8.82. The van der Waals surface area contributed by atoms with Crippen molar-refractivity contribution < 1.29 is 19.1 Å². The number of urea groups is 2. The van der Waals surface area contributed by atoms with E-state index in [2.05, 4.69) is 16.0 Å². The first-order valence-electron chi connectivity index (χ1n) is 11.8. The fourth-order valence-electron chi connectivity index (χ4n) is 4.54. The Labute approximate surface area is 190 Å². The molecule has 3 N–H and O–H groups in total. The maximum Gasteiger partial charge on any atom is 0.339 e. The minimum atomic E-state index is -0.486. The smallest absolute Gasteiger partial charge is 0.339 e. The summed E-state index contributed by atoms with van der Waals surface area (Å²) in [6, 6.07) is 5.27. The predicted molar refractivity (Wildman–Crippen MR) is 124 cm³/mol. The van der Waals surface area contributed by atoms with Gasteiger partial charge in [0.15, 0.2) is 0 Å². The van der Waals surface area contributed by atoms with E-state index in [1.54, 1.807) is 18.2 Å². The zero-order valence-corrected chi connectivity index (χ0v) is 19.2. The second kappa shape index (κ2) is 11.7. The summed E-state index contributed by atoms with van der Waals surface area (Å²) in [7, 11) is 1.32. The van der Waals surface area contributed by atoms with Gasteiger partial charge in [-0.1, -0.05) is 25.3 Å². The number of anilines is 1. The SMILES string of the molecule is COC(=O)c1ccc(C)cc1NC(=O)NCCC1CCN(C(=O)NC2CCCCC2)CC1. The van der Waals surface area contributed by atoms with E-state index in [0.717, 1.165) is 50.8 Å². The van der Waals surface area contributed by atoms with Crippen LogP contribution in [0.4, 0.5) is 15.3 Å². The lowest BCUT2D eigenvalue weighted by atomic mass is 9.93. The third kappa shape index (κ3) is 6.87. The van der Waals surface area contributed by atoms with Crippen LogP contribution in [0.5, 0.6) is 0 Å². The van der Waals surface area contributed by atoms with Crippen LogP contribution in [0.1, 0.15) is 67.3 Å². The van der Waals surface area contributed by atoms with Crippen molar-refractivity contribution in [2.24, 2.45) is 5.92 Å². The number of likely N-dealkylation sites (tertiary alicyclic amines) is 1. The Morgan fingerprint density at radius 2 is 1.78 bits per heavy atom. The number of carbonyl (C=O) groups excluding carboxylic acids is 3. The van der Waals surface area contributed by atoms with E-state index in [1.165, 1.54) is 26.4 Å². The van der Waals surface area contributed by atoms with Crippen LogP contribution in [0.15, 0.2) is 18.2 Å². The molecule has 32 heavy (non-hydrogen) atoms. The van der Waals surface area contributed by atoms with Crippen molar-refractivity contribution in [1.82, 2.24) is 15.5 Å². The Balaban J connectivity index is 1.37. The van der Waals surface area contributed by atoms with Crippen molar-refractivity contribution in [3.05, 3.63) is 29.3 Å².